The van der Waals surface area contributed by atoms with Crippen molar-refractivity contribution in [1.82, 2.24) is 0 Å². The Morgan fingerprint density at radius 2 is 2.00 bits per heavy atom. The van der Waals surface area contributed by atoms with Gasteiger partial charge in [-0.1, -0.05) is 30.3 Å². The average molecular weight is 202 g/mol. The molecular weight excluding hydrogens is 188 g/mol. The van der Waals surface area contributed by atoms with Crippen molar-refractivity contribution in [3.8, 4) is 0 Å². The number of rotatable bonds is 3. The van der Waals surface area contributed by atoms with Crippen molar-refractivity contribution in [2.75, 3.05) is 0 Å². The van der Waals surface area contributed by atoms with Crippen LogP contribution < -0.4 is 0 Å². The molecule has 0 spiro atoms. The van der Waals surface area contributed by atoms with Gasteiger partial charge in [0.05, 0.1) is 0 Å². The molecule has 0 heterocycles. The number of carbonyl (C=O) groups excluding carboxylic acids is 2. The van der Waals surface area contributed by atoms with Crippen LogP contribution >= 0.6 is 0 Å². The maximum Gasteiger partial charge on any atom is 0.163 e. The zero-order valence-corrected chi connectivity index (χ0v) is 8.61. The van der Waals surface area contributed by atoms with Gasteiger partial charge < -0.3 is 0 Å². The minimum atomic E-state index is -0.0160. The molecule has 0 N–H and O–H groups in total. The van der Waals surface area contributed by atoms with Gasteiger partial charge in [0, 0.05) is 24.3 Å². The summed E-state index contributed by atoms with van der Waals surface area (Å²) >= 11 is 0. The third-order valence-corrected chi connectivity index (χ3v) is 2.96. The van der Waals surface area contributed by atoms with Crippen LogP contribution in [0.2, 0.25) is 0 Å². The summed E-state index contributed by atoms with van der Waals surface area (Å²) in [5, 5.41) is 0. The van der Waals surface area contributed by atoms with Crippen molar-refractivity contribution < 1.29 is 9.59 Å². The molecule has 1 saturated carbocycles. The largest absolute Gasteiger partial charge is 0.299 e. The fourth-order valence-electron chi connectivity index (χ4n) is 2.07. The van der Waals surface area contributed by atoms with E-state index < -0.39 is 0 Å². The second-order valence-corrected chi connectivity index (χ2v) is 4.05. The van der Waals surface area contributed by atoms with Crippen LogP contribution in [0.5, 0.6) is 0 Å². The average Bonchev–Trinajstić information content (AvgIpc) is 2.66. The van der Waals surface area contributed by atoms with Crippen LogP contribution in [0.25, 0.3) is 0 Å². The first-order chi connectivity index (χ1) is 7.27. The molecule has 0 amide bonds. The lowest BCUT2D eigenvalue weighted by Crippen LogP contribution is -2.12. The fourth-order valence-corrected chi connectivity index (χ4v) is 2.07. The first-order valence-corrected chi connectivity index (χ1v) is 5.38. The van der Waals surface area contributed by atoms with Crippen LogP contribution in [0.3, 0.4) is 0 Å². The Bertz CT molecular complexity index is 367. The number of benzene rings is 1. The lowest BCUT2D eigenvalue weighted by Gasteiger charge is -2.06. The molecule has 1 fully saturated rings. The van der Waals surface area contributed by atoms with E-state index in [2.05, 4.69) is 0 Å². The molecule has 2 heteroatoms. The van der Waals surface area contributed by atoms with E-state index in [0.717, 1.165) is 18.4 Å². The Labute approximate surface area is 89.3 Å². The summed E-state index contributed by atoms with van der Waals surface area (Å²) in [6.07, 6.45) is 2.89. The molecule has 1 aromatic carbocycles. The molecule has 0 unspecified atom stereocenters. The van der Waals surface area contributed by atoms with E-state index in [9.17, 15) is 9.59 Å². The number of Topliss-reactive ketones (excluding diaryl/α,β-unsaturated/α-hetero) is 2. The number of hydrogen-bond acceptors (Lipinski definition) is 2. The Balaban J connectivity index is 2.01. The molecule has 15 heavy (non-hydrogen) atoms. The van der Waals surface area contributed by atoms with E-state index in [0.29, 0.717) is 12.8 Å². The topological polar surface area (TPSA) is 34.1 Å². The summed E-state index contributed by atoms with van der Waals surface area (Å²) in [5.41, 5.74) is 0.720. The standard InChI is InChI=1S/C13H14O2/c14-12-8-4-7-11(12)9-13(15)10-5-2-1-3-6-10/h1-3,5-6,11H,4,7-9H2/t11-/m1/s1. The maximum atomic E-state index is 11.8. The molecule has 2 nitrogen and oxygen atoms in total. The maximum absolute atomic E-state index is 11.8. The van der Waals surface area contributed by atoms with Crippen molar-refractivity contribution in [2.24, 2.45) is 5.92 Å². The van der Waals surface area contributed by atoms with E-state index >= 15 is 0 Å². The van der Waals surface area contributed by atoms with E-state index in [-0.39, 0.29) is 17.5 Å². The van der Waals surface area contributed by atoms with Crippen molar-refractivity contribution in [1.29, 1.82) is 0 Å². The summed E-state index contributed by atoms with van der Waals surface area (Å²) in [6.45, 7) is 0. The predicted octanol–water partition coefficient (Wildman–Crippen LogP) is 2.63. The smallest absolute Gasteiger partial charge is 0.163 e. The van der Waals surface area contributed by atoms with Gasteiger partial charge in [0.25, 0.3) is 0 Å². The molecule has 1 atom stereocenters. The quantitative estimate of drug-likeness (QED) is 0.706. The Kier molecular flexibility index (Phi) is 2.95. The van der Waals surface area contributed by atoms with E-state index in [1.54, 1.807) is 0 Å². The molecular formula is C13H14O2. The van der Waals surface area contributed by atoms with Gasteiger partial charge in [0.1, 0.15) is 5.78 Å². The highest BCUT2D eigenvalue weighted by Crippen LogP contribution is 2.25. The number of ketones is 2. The fraction of sp³-hybridized carbons (Fsp3) is 0.385. The summed E-state index contributed by atoms with van der Waals surface area (Å²) in [4.78, 5) is 23.2. The highest BCUT2D eigenvalue weighted by atomic mass is 16.1. The SMILES string of the molecule is O=C(C[C@H]1CCCC1=O)c1ccccc1. The highest BCUT2D eigenvalue weighted by molar-refractivity contribution is 5.99. The molecule has 1 aromatic rings. The van der Waals surface area contributed by atoms with E-state index in [1.807, 2.05) is 30.3 Å². The van der Waals surface area contributed by atoms with Crippen molar-refractivity contribution in [3.05, 3.63) is 35.9 Å². The third-order valence-electron chi connectivity index (χ3n) is 2.96. The predicted molar refractivity (Wildman–Crippen MR) is 57.7 cm³/mol. The molecule has 0 bridgehead atoms. The van der Waals surface area contributed by atoms with Gasteiger partial charge in [-0.2, -0.15) is 0 Å². The zero-order valence-electron chi connectivity index (χ0n) is 8.61. The van der Waals surface area contributed by atoms with Crippen LogP contribution in [-0.2, 0) is 4.79 Å². The second kappa shape index (κ2) is 4.39. The van der Waals surface area contributed by atoms with Crippen molar-refractivity contribution in [3.63, 3.8) is 0 Å². The van der Waals surface area contributed by atoms with Crippen LogP contribution in [0.4, 0.5) is 0 Å². The van der Waals surface area contributed by atoms with Gasteiger partial charge in [-0.3, -0.25) is 9.59 Å². The van der Waals surface area contributed by atoms with Gasteiger partial charge in [-0.05, 0) is 12.8 Å². The van der Waals surface area contributed by atoms with Crippen LogP contribution in [0.1, 0.15) is 36.0 Å². The van der Waals surface area contributed by atoms with Crippen molar-refractivity contribution >= 4 is 11.6 Å². The normalized spacial score (nSPS) is 20.5. The molecule has 0 radical (unpaired) electrons. The van der Waals surface area contributed by atoms with Gasteiger partial charge >= 0.3 is 0 Å². The van der Waals surface area contributed by atoms with Crippen LogP contribution in [0.15, 0.2) is 30.3 Å². The summed E-state index contributed by atoms with van der Waals surface area (Å²) in [7, 11) is 0. The van der Waals surface area contributed by atoms with Gasteiger partial charge in [-0.15, -0.1) is 0 Å². The zero-order chi connectivity index (χ0) is 10.7. The van der Waals surface area contributed by atoms with Crippen LogP contribution in [-0.4, -0.2) is 11.6 Å². The van der Waals surface area contributed by atoms with Gasteiger partial charge in [-0.25, -0.2) is 0 Å². The second-order valence-electron chi connectivity index (χ2n) is 4.05. The van der Waals surface area contributed by atoms with Crippen LogP contribution in [0, 0.1) is 5.92 Å². The third kappa shape index (κ3) is 2.32. The minimum Gasteiger partial charge on any atom is -0.299 e. The Morgan fingerprint density at radius 1 is 1.27 bits per heavy atom. The lowest BCUT2D eigenvalue weighted by atomic mass is 9.96. The van der Waals surface area contributed by atoms with E-state index in [4.69, 9.17) is 0 Å². The first-order valence-electron chi connectivity index (χ1n) is 5.38. The number of carbonyl (C=O) groups is 2. The first kappa shape index (κ1) is 10.1. The Hall–Kier alpha value is -1.44. The van der Waals surface area contributed by atoms with Gasteiger partial charge in [0.15, 0.2) is 5.78 Å². The lowest BCUT2D eigenvalue weighted by molar-refractivity contribution is -0.120. The molecule has 78 valence electrons. The number of hydrogen-bond donors (Lipinski definition) is 0. The Morgan fingerprint density at radius 3 is 2.60 bits per heavy atom. The summed E-state index contributed by atoms with van der Waals surface area (Å²) in [6, 6.07) is 9.20. The molecule has 2 rings (SSSR count). The molecule has 0 saturated heterocycles. The molecule has 1 aliphatic rings. The summed E-state index contributed by atoms with van der Waals surface area (Å²) in [5.74, 6) is 0.341. The summed E-state index contributed by atoms with van der Waals surface area (Å²) < 4.78 is 0. The molecule has 0 aliphatic heterocycles. The molecule has 1 aliphatic carbocycles. The van der Waals surface area contributed by atoms with E-state index in [1.165, 1.54) is 0 Å². The highest BCUT2D eigenvalue weighted by Gasteiger charge is 2.26. The van der Waals surface area contributed by atoms with Crippen molar-refractivity contribution in [2.45, 2.75) is 25.7 Å². The monoisotopic (exact) mass is 202 g/mol. The van der Waals surface area contributed by atoms with Gasteiger partial charge in [0.2, 0.25) is 0 Å². The molecule has 0 aromatic heterocycles. The minimum absolute atomic E-state index is 0.0160.